The van der Waals surface area contributed by atoms with Gasteiger partial charge in [-0.25, -0.2) is 0 Å². The number of hydrogen-bond donors (Lipinski definition) is 1. The molecule has 0 unspecified atom stereocenters. The highest BCUT2D eigenvalue weighted by Gasteiger charge is 2.42. The van der Waals surface area contributed by atoms with Gasteiger partial charge in [-0.1, -0.05) is 25.1 Å². The highest BCUT2D eigenvalue weighted by molar-refractivity contribution is 7.80. The zero-order chi connectivity index (χ0) is 26.1. The standard InChI is InChI=1S/C31H34N4OS/c1-6-23-10-12-24(13-11-23)34-21(4)19-27(22(34)5)30-29(28-9-7-8-18-32-28)33-31(37)35(30)25-14-16-26(17-15-25)36-20(2)3/h7-20,29-30H,6H2,1-5H3,(H,33,37)/t29-,30-/m0/s1. The Morgan fingerprint density at radius 1 is 0.973 bits per heavy atom. The Bertz CT molecular complexity index is 1380. The lowest BCUT2D eigenvalue weighted by Gasteiger charge is -2.28. The van der Waals surface area contributed by atoms with Gasteiger partial charge in [0.1, 0.15) is 5.75 Å². The summed E-state index contributed by atoms with van der Waals surface area (Å²) in [4.78, 5) is 6.93. The molecular weight excluding hydrogens is 476 g/mol. The van der Waals surface area contributed by atoms with Crippen LogP contribution < -0.4 is 15.0 Å². The van der Waals surface area contributed by atoms with E-state index in [-0.39, 0.29) is 18.2 Å². The lowest BCUT2D eigenvalue weighted by atomic mass is 9.96. The summed E-state index contributed by atoms with van der Waals surface area (Å²) >= 11 is 5.93. The third-order valence-electron chi connectivity index (χ3n) is 6.98. The van der Waals surface area contributed by atoms with Gasteiger partial charge in [-0.05, 0) is 112 Å². The summed E-state index contributed by atoms with van der Waals surface area (Å²) < 4.78 is 8.22. The number of ether oxygens (including phenoxy) is 1. The predicted octanol–water partition coefficient (Wildman–Crippen LogP) is 7.02. The quantitative estimate of drug-likeness (QED) is 0.271. The maximum absolute atomic E-state index is 5.93. The summed E-state index contributed by atoms with van der Waals surface area (Å²) in [5.74, 6) is 0.850. The van der Waals surface area contributed by atoms with Gasteiger partial charge < -0.3 is 19.5 Å². The third kappa shape index (κ3) is 4.86. The molecule has 5 rings (SSSR count). The SMILES string of the molecule is CCc1ccc(-n2c(C)cc([C@H]3[C@H](c4ccccn4)NC(=S)N3c3ccc(OC(C)C)cc3)c2C)cc1. The first kappa shape index (κ1) is 25.0. The smallest absolute Gasteiger partial charge is 0.174 e. The molecular formula is C31H34N4OS. The minimum Gasteiger partial charge on any atom is -0.491 e. The maximum atomic E-state index is 5.93. The van der Waals surface area contributed by atoms with E-state index in [0.717, 1.165) is 23.6 Å². The van der Waals surface area contributed by atoms with E-state index in [0.29, 0.717) is 5.11 Å². The van der Waals surface area contributed by atoms with Crippen LogP contribution in [-0.4, -0.2) is 20.8 Å². The van der Waals surface area contributed by atoms with E-state index in [1.807, 2.05) is 44.3 Å². The van der Waals surface area contributed by atoms with E-state index in [9.17, 15) is 0 Å². The second kappa shape index (κ2) is 10.4. The Balaban J connectivity index is 1.61. The van der Waals surface area contributed by atoms with E-state index < -0.39 is 0 Å². The fourth-order valence-corrected chi connectivity index (χ4v) is 5.62. The van der Waals surface area contributed by atoms with Gasteiger partial charge in [0.15, 0.2) is 5.11 Å². The Hall–Kier alpha value is -3.64. The molecule has 1 saturated heterocycles. The van der Waals surface area contributed by atoms with Gasteiger partial charge in [0, 0.05) is 29.0 Å². The number of benzene rings is 2. The van der Waals surface area contributed by atoms with E-state index in [1.165, 1.54) is 28.2 Å². The van der Waals surface area contributed by atoms with Crippen LogP contribution in [0.25, 0.3) is 5.69 Å². The van der Waals surface area contributed by atoms with Crippen molar-refractivity contribution in [2.75, 3.05) is 4.90 Å². The number of aryl methyl sites for hydroxylation is 2. The average Bonchev–Trinajstić information content (AvgIpc) is 3.39. The van der Waals surface area contributed by atoms with Crippen molar-refractivity contribution >= 4 is 23.0 Å². The Kier molecular flexibility index (Phi) is 7.02. The molecule has 37 heavy (non-hydrogen) atoms. The third-order valence-corrected chi connectivity index (χ3v) is 7.29. The molecule has 0 saturated carbocycles. The molecule has 0 spiro atoms. The van der Waals surface area contributed by atoms with Crippen molar-refractivity contribution in [2.45, 2.75) is 59.2 Å². The van der Waals surface area contributed by atoms with Crippen molar-refractivity contribution in [1.29, 1.82) is 0 Å². The molecule has 1 aliphatic rings. The van der Waals surface area contributed by atoms with Crippen LogP contribution in [0.4, 0.5) is 5.69 Å². The van der Waals surface area contributed by atoms with Gasteiger partial charge >= 0.3 is 0 Å². The number of hydrogen-bond acceptors (Lipinski definition) is 3. The monoisotopic (exact) mass is 510 g/mol. The molecule has 1 fully saturated rings. The Morgan fingerprint density at radius 2 is 1.68 bits per heavy atom. The van der Waals surface area contributed by atoms with Crippen LogP contribution >= 0.6 is 12.2 Å². The van der Waals surface area contributed by atoms with Crippen LogP contribution in [-0.2, 0) is 6.42 Å². The van der Waals surface area contributed by atoms with E-state index in [4.69, 9.17) is 21.9 Å². The molecule has 2 aromatic heterocycles. The number of rotatable bonds is 7. The number of nitrogens with one attached hydrogen (secondary N) is 1. The molecule has 0 aliphatic carbocycles. The van der Waals surface area contributed by atoms with Gasteiger partial charge in [-0.2, -0.15) is 0 Å². The zero-order valence-electron chi connectivity index (χ0n) is 22.1. The molecule has 5 nitrogen and oxygen atoms in total. The number of nitrogens with zero attached hydrogens (tertiary/aromatic N) is 3. The first-order valence-electron chi connectivity index (χ1n) is 12.9. The minimum absolute atomic E-state index is 0.0610. The molecule has 3 heterocycles. The van der Waals surface area contributed by atoms with Gasteiger partial charge in [-0.3, -0.25) is 4.98 Å². The van der Waals surface area contributed by atoms with Crippen LogP contribution in [0, 0.1) is 13.8 Å². The minimum atomic E-state index is -0.0864. The Labute approximate surface area is 225 Å². The largest absolute Gasteiger partial charge is 0.491 e. The number of anilines is 1. The Morgan fingerprint density at radius 3 is 2.30 bits per heavy atom. The lowest BCUT2D eigenvalue weighted by molar-refractivity contribution is 0.242. The van der Waals surface area contributed by atoms with Crippen LogP contribution in [0.5, 0.6) is 5.75 Å². The van der Waals surface area contributed by atoms with E-state index in [1.54, 1.807) is 0 Å². The molecule has 1 N–H and O–H groups in total. The van der Waals surface area contributed by atoms with Crippen molar-refractivity contribution in [2.24, 2.45) is 0 Å². The fraction of sp³-hybridized carbons (Fsp3) is 0.290. The molecule has 4 aromatic rings. The van der Waals surface area contributed by atoms with Crippen molar-refractivity contribution in [1.82, 2.24) is 14.9 Å². The number of aromatic nitrogens is 2. The first-order chi connectivity index (χ1) is 17.9. The summed E-state index contributed by atoms with van der Waals surface area (Å²) in [6, 6.07) is 25.2. The van der Waals surface area contributed by atoms with E-state index >= 15 is 0 Å². The second-order valence-electron chi connectivity index (χ2n) is 9.84. The van der Waals surface area contributed by atoms with Crippen LogP contribution in [0.3, 0.4) is 0 Å². The molecule has 6 heteroatoms. The van der Waals surface area contributed by atoms with Crippen LogP contribution in [0.2, 0.25) is 0 Å². The van der Waals surface area contributed by atoms with Crippen molar-refractivity contribution < 1.29 is 4.74 Å². The van der Waals surface area contributed by atoms with Gasteiger partial charge in [0.05, 0.1) is 23.9 Å². The molecule has 0 amide bonds. The summed E-state index contributed by atoms with van der Waals surface area (Å²) in [6.07, 6.45) is 3.00. The first-order valence-corrected chi connectivity index (χ1v) is 13.3. The van der Waals surface area contributed by atoms with Crippen LogP contribution in [0.1, 0.15) is 61.1 Å². The van der Waals surface area contributed by atoms with Crippen molar-refractivity contribution in [3.63, 3.8) is 0 Å². The van der Waals surface area contributed by atoms with Crippen LogP contribution in [0.15, 0.2) is 79.0 Å². The normalized spacial score (nSPS) is 17.4. The topological polar surface area (TPSA) is 42.3 Å². The van der Waals surface area contributed by atoms with Crippen molar-refractivity contribution in [3.05, 3.63) is 107 Å². The summed E-state index contributed by atoms with van der Waals surface area (Å²) in [5, 5.41) is 4.27. The molecule has 2 aromatic carbocycles. The number of pyridine rings is 1. The summed E-state index contributed by atoms with van der Waals surface area (Å²) in [5.41, 5.74) is 8.11. The highest BCUT2D eigenvalue weighted by atomic mass is 32.1. The molecule has 1 aliphatic heterocycles. The second-order valence-corrected chi connectivity index (χ2v) is 10.2. The lowest BCUT2D eigenvalue weighted by Crippen LogP contribution is -2.29. The van der Waals surface area contributed by atoms with Gasteiger partial charge in [-0.15, -0.1) is 0 Å². The highest BCUT2D eigenvalue weighted by Crippen LogP contribution is 2.44. The van der Waals surface area contributed by atoms with Gasteiger partial charge in [0.25, 0.3) is 0 Å². The fourth-order valence-electron chi connectivity index (χ4n) is 5.27. The molecule has 0 radical (unpaired) electrons. The molecule has 2 atom stereocenters. The number of thiocarbonyl (C=S) groups is 1. The summed E-state index contributed by atoms with van der Waals surface area (Å²) in [6.45, 7) is 10.6. The molecule has 0 bridgehead atoms. The maximum Gasteiger partial charge on any atom is 0.174 e. The van der Waals surface area contributed by atoms with Gasteiger partial charge in [0.2, 0.25) is 0 Å². The predicted molar refractivity (Wildman–Crippen MR) is 155 cm³/mol. The van der Waals surface area contributed by atoms with E-state index in [2.05, 4.69) is 84.1 Å². The summed E-state index contributed by atoms with van der Waals surface area (Å²) in [7, 11) is 0. The van der Waals surface area contributed by atoms with Crippen molar-refractivity contribution in [3.8, 4) is 11.4 Å². The molecule has 190 valence electrons. The average molecular weight is 511 g/mol. The zero-order valence-corrected chi connectivity index (χ0v) is 22.9.